The fourth-order valence-corrected chi connectivity index (χ4v) is 0. The Morgan fingerprint density at radius 1 is 0.625 bits per heavy atom. The first-order chi connectivity index (χ1) is 0. The van der Waals surface area contributed by atoms with Gasteiger partial charge in [0.25, 0.3) is 0 Å². The molecule has 0 fully saturated rings. The van der Waals surface area contributed by atoms with Gasteiger partial charge in [0, 0.05) is 18.6 Å². The summed E-state index contributed by atoms with van der Waals surface area (Å²) in [5, 5.41) is 0. The van der Waals surface area contributed by atoms with Gasteiger partial charge < -0.3 is 32.9 Å². The summed E-state index contributed by atoms with van der Waals surface area (Å²) in [6.07, 6.45) is 0. The summed E-state index contributed by atoms with van der Waals surface area (Å²) >= 11 is 0. The van der Waals surface area contributed by atoms with Crippen LogP contribution in [0.25, 0.3) is 0 Å². The molecule has 0 aromatic rings. The summed E-state index contributed by atoms with van der Waals surface area (Å²) in [5.41, 5.74) is 0. The molecule has 0 aromatic heterocycles. The van der Waals surface area contributed by atoms with Crippen LogP contribution < -0.4 is 0 Å². The van der Waals surface area contributed by atoms with Gasteiger partial charge in [-0.3, -0.25) is 0 Å². The molecule has 0 heterocycles. The van der Waals surface area contributed by atoms with Crippen LogP contribution in [0.2, 0.25) is 0 Å². The van der Waals surface area contributed by atoms with Crippen LogP contribution >= 0.6 is 0 Å². The summed E-state index contributed by atoms with van der Waals surface area (Å²) < 4.78 is 0. The molecular formula is H3O6VZr-5. The molecule has 0 saturated heterocycles. The molecule has 0 rings (SSSR count). The minimum Gasteiger partial charge on any atom is -2.00 e. The summed E-state index contributed by atoms with van der Waals surface area (Å²) in [6.45, 7) is 0. The van der Waals surface area contributed by atoms with E-state index in [0.29, 0.717) is 0 Å². The molecule has 3 N–H and O–H groups in total. The summed E-state index contributed by atoms with van der Waals surface area (Å²) in [4.78, 5) is 0. The summed E-state index contributed by atoms with van der Waals surface area (Å²) in [6, 6.07) is 0. The van der Waals surface area contributed by atoms with Gasteiger partial charge >= 0.3 is 26.2 Å². The Labute approximate surface area is 77.5 Å². The molecule has 53 valence electrons. The number of rotatable bonds is 0. The van der Waals surface area contributed by atoms with Gasteiger partial charge in [0.2, 0.25) is 0 Å². The van der Waals surface area contributed by atoms with E-state index in [-0.39, 0.29) is 77.6 Å². The van der Waals surface area contributed by atoms with Crippen molar-refractivity contribution >= 4 is 0 Å². The van der Waals surface area contributed by atoms with Gasteiger partial charge in [0.1, 0.15) is 0 Å². The van der Waals surface area contributed by atoms with E-state index in [0.717, 1.165) is 0 Å². The number of hydrogen-bond donors (Lipinski definition) is 0. The second-order valence-electron chi connectivity index (χ2n) is 0. The maximum atomic E-state index is 0. The van der Waals surface area contributed by atoms with Crippen molar-refractivity contribution in [3.05, 3.63) is 0 Å². The minimum absolute atomic E-state index is 0. The van der Waals surface area contributed by atoms with Crippen molar-refractivity contribution in [2.75, 3.05) is 0 Å². The first kappa shape index (κ1) is 415. The molecule has 6 nitrogen and oxygen atoms in total. The maximum Gasteiger partial charge on any atom is 4.00 e. The largest absolute Gasteiger partial charge is 4.00 e. The Balaban J connectivity index is 0. The molecule has 8 heavy (non-hydrogen) atoms. The van der Waals surface area contributed by atoms with Gasteiger partial charge in [-0.15, -0.1) is 0 Å². The Bertz CT molecular complexity index is 8.49. The molecule has 0 aliphatic carbocycles. The van der Waals surface area contributed by atoms with E-state index in [1.165, 1.54) is 0 Å². The van der Waals surface area contributed by atoms with Gasteiger partial charge in [0.15, 0.2) is 0 Å². The smallest absolute Gasteiger partial charge is 2.00 e. The van der Waals surface area contributed by atoms with Crippen LogP contribution in [0.4, 0.5) is 0 Å². The predicted octanol–water partition coefficient (Wildman–Crippen LogP) is -1.48. The van der Waals surface area contributed by atoms with E-state index in [1.54, 1.807) is 0 Å². The molecule has 0 atom stereocenters. The molecule has 0 saturated carbocycles. The van der Waals surface area contributed by atoms with Gasteiger partial charge in [0.05, 0.1) is 0 Å². The van der Waals surface area contributed by atoms with E-state index in [1.807, 2.05) is 0 Å². The molecule has 0 unspecified atom stereocenters. The molecule has 0 bridgehead atoms. The van der Waals surface area contributed by atoms with Gasteiger partial charge in [-0.05, 0) is 0 Å². The third-order valence-corrected chi connectivity index (χ3v) is 0. The van der Waals surface area contributed by atoms with Gasteiger partial charge in [-0.2, -0.15) is 0 Å². The first-order valence-corrected chi connectivity index (χ1v) is 0. The average molecular weight is 241 g/mol. The minimum atomic E-state index is 0. The Hall–Kier alpha value is 1.23. The third kappa shape index (κ3) is 186. The zero-order chi connectivity index (χ0) is 0. The van der Waals surface area contributed by atoms with Crippen molar-refractivity contribution in [1.29, 1.82) is 0 Å². The van der Waals surface area contributed by atoms with Crippen LogP contribution in [-0.4, -0.2) is 11.0 Å². The van der Waals surface area contributed by atoms with E-state index >= 15 is 0 Å². The zero-order valence-corrected chi connectivity index (χ0v) is 7.38. The molecule has 1 radical (unpaired) electrons. The van der Waals surface area contributed by atoms with Crippen molar-refractivity contribution in [1.82, 2.24) is 0 Å². The van der Waals surface area contributed by atoms with Crippen LogP contribution in [0.15, 0.2) is 0 Å². The quantitative estimate of drug-likeness (QED) is 0.493. The van der Waals surface area contributed by atoms with Gasteiger partial charge in [-0.25, -0.2) is 0 Å². The molecule has 0 aromatic carbocycles. The van der Waals surface area contributed by atoms with Crippen molar-refractivity contribution in [3.8, 4) is 0 Å². The normalized spacial score (nSPS) is 0. The van der Waals surface area contributed by atoms with Gasteiger partial charge in [-0.1, -0.05) is 0 Å². The monoisotopic (exact) mass is 240 g/mol. The summed E-state index contributed by atoms with van der Waals surface area (Å²) in [7, 11) is 0. The second kappa shape index (κ2) is 285. The van der Waals surface area contributed by atoms with Crippen LogP contribution in [0.3, 0.4) is 0 Å². The molecule has 0 spiro atoms. The maximum absolute atomic E-state index is 0. The summed E-state index contributed by atoms with van der Waals surface area (Å²) in [5.74, 6) is 0. The van der Waals surface area contributed by atoms with Crippen molar-refractivity contribution in [2.24, 2.45) is 0 Å². The van der Waals surface area contributed by atoms with E-state index in [4.69, 9.17) is 0 Å². The van der Waals surface area contributed by atoms with Crippen LogP contribution in [0.5, 0.6) is 0 Å². The van der Waals surface area contributed by atoms with Crippen molar-refractivity contribution < 1.29 is 77.6 Å². The average Bonchev–Trinajstić information content (AvgIpc) is 0. The predicted molar refractivity (Wildman–Crippen MR) is 8.30 cm³/mol. The fourth-order valence-electron chi connectivity index (χ4n) is 0. The van der Waals surface area contributed by atoms with Crippen molar-refractivity contribution in [2.45, 2.75) is 0 Å². The SMILES string of the molecule is O.[O-2].[O-2].[O-2].[O-2].[OH-].[V].[Zr+4]. The standard InChI is InChI=1S/2H2O.4O.V.Zr/h2*1H2;;;;;;/q;;4*-2;;+4/p-1. The molecule has 0 amide bonds. The topological polar surface area (TPSA) is 176 Å². The number of hydrogen-bond acceptors (Lipinski definition) is 1. The first-order valence-electron chi connectivity index (χ1n) is 0. The van der Waals surface area contributed by atoms with Crippen molar-refractivity contribution in [3.63, 3.8) is 0 Å². The Morgan fingerprint density at radius 2 is 0.625 bits per heavy atom. The van der Waals surface area contributed by atoms with Crippen LogP contribution in [-0.2, 0) is 66.7 Å². The Morgan fingerprint density at radius 3 is 0.625 bits per heavy atom. The van der Waals surface area contributed by atoms with Crippen LogP contribution in [0.1, 0.15) is 0 Å². The fraction of sp³-hybridized carbons (Fsp3) is 0. The zero-order valence-electron chi connectivity index (χ0n) is 3.53. The van der Waals surface area contributed by atoms with E-state index in [9.17, 15) is 0 Å². The molecule has 0 aliphatic rings. The van der Waals surface area contributed by atoms with E-state index in [2.05, 4.69) is 0 Å². The second-order valence-corrected chi connectivity index (χ2v) is 0. The third-order valence-electron chi connectivity index (χ3n) is 0. The Kier molecular flexibility index (Phi) is 14800. The molecule has 8 heteroatoms. The molecular weight excluding hydrogens is 238 g/mol. The molecule has 0 aliphatic heterocycles. The van der Waals surface area contributed by atoms with E-state index < -0.39 is 0 Å². The van der Waals surface area contributed by atoms with Crippen LogP contribution in [0, 0.1) is 0 Å².